The Balaban J connectivity index is 3.18. The van der Waals surface area contributed by atoms with Gasteiger partial charge in [-0.3, -0.25) is 4.79 Å². The van der Waals surface area contributed by atoms with Crippen LogP contribution in [-0.4, -0.2) is 29.6 Å². The lowest BCUT2D eigenvalue weighted by Gasteiger charge is -2.08. The lowest BCUT2D eigenvalue weighted by atomic mass is 10.3. The van der Waals surface area contributed by atoms with Crippen LogP contribution in [0.3, 0.4) is 0 Å². The Hall–Kier alpha value is -0.880. The van der Waals surface area contributed by atoms with E-state index in [-0.39, 0.29) is 17.6 Å². The second-order valence-electron chi connectivity index (χ2n) is 3.69. The standard InChI is InChI=1S/C9H13ClN2O3S/c1-7(5-10)6-16(14,15)8-9(13)12(2)4-3-11-8/h3-4,7H,5-6H2,1-2H3. The van der Waals surface area contributed by atoms with Gasteiger partial charge in [0.05, 0.1) is 5.75 Å². The molecule has 0 amide bonds. The Morgan fingerprint density at radius 2 is 2.19 bits per heavy atom. The van der Waals surface area contributed by atoms with Gasteiger partial charge < -0.3 is 4.57 Å². The predicted molar refractivity (Wildman–Crippen MR) is 61.4 cm³/mol. The zero-order valence-electron chi connectivity index (χ0n) is 9.05. The van der Waals surface area contributed by atoms with Crippen LogP contribution < -0.4 is 5.56 Å². The zero-order valence-corrected chi connectivity index (χ0v) is 10.6. The molecule has 5 nitrogen and oxygen atoms in total. The van der Waals surface area contributed by atoms with Crippen molar-refractivity contribution in [3.05, 3.63) is 22.7 Å². The van der Waals surface area contributed by atoms with E-state index >= 15 is 0 Å². The summed E-state index contributed by atoms with van der Waals surface area (Å²) in [4.78, 5) is 15.2. The second-order valence-corrected chi connectivity index (χ2v) is 5.95. The third-order valence-corrected chi connectivity index (χ3v) is 4.45. The van der Waals surface area contributed by atoms with Crippen LogP contribution in [0.15, 0.2) is 22.2 Å². The molecule has 0 aliphatic rings. The summed E-state index contributed by atoms with van der Waals surface area (Å²) in [5, 5.41) is -0.408. The highest BCUT2D eigenvalue weighted by Gasteiger charge is 2.23. The van der Waals surface area contributed by atoms with Crippen LogP contribution in [0.25, 0.3) is 0 Å². The summed E-state index contributed by atoms with van der Waals surface area (Å²) in [5.74, 6) is -0.145. The fraction of sp³-hybridized carbons (Fsp3) is 0.556. The number of hydrogen-bond donors (Lipinski definition) is 0. The third-order valence-electron chi connectivity index (χ3n) is 2.05. The summed E-state index contributed by atoms with van der Waals surface area (Å²) in [6.07, 6.45) is 2.70. The number of rotatable bonds is 4. The summed E-state index contributed by atoms with van der Waals surface area (Å²) < 4.78 is 24.9. The van der Waals surface area contributed by atoms with E-state index in [0.717, 1.165) is 0 Å². The molecule has 90 valence electrons. The number of sulfone groups is 1. The van der Waals surface area contributed by atoms with E-state index in [1.807, 2.05) is 0 Å². The predicted octanol–water partition coefficient (Wildman–Crippen LogP) is 0.429. The molecule has 0 saturated carbocycles. The van der Waals surface area contributed by atoms with Crippen molar-refractivity contribution in [1.82, 2.24) is 9.55 Å². The van der Waals surface area contributed by atoms with Gasteiger partial charge in [0.1, 0.15) is 0 Å². The molecule has 0 bridgehead atoms. The van der Waals surface area contributed by atoms with E-state index in [2.05, 4.69) is 4.98 Å². The number of aryl methyl sites for hydroxylation is 1. The minimum atomic E-state index is -3.65. The highest BCUT2D eigenvalue weighted by Crippen LogP contribution is 2.09. The highest BCUT2D eigenvalue weighted by molar-refractivity contribution is 7.91. The first-order chi connectivity index (χ1) is 7.38. The highest BCUT2D eigenvalue weighted by atomic mass is 35.5. The summed E-state index contributed by atoms with van der Waals surface area (Å²) >= 11 is 5.55. The average Bonchev–Trinajstić information content (AvgIpc) is 2.21. The normalized spacial score (nSPS) is 13.7. The molecule has 0 aromatic carbocycles. The van der Waals surface area contributed by atoms with E-state index in [9.17, 15) is 13.2 Å². The van der Waals surface area contributed by atoms with Crippen molar-refractivity contribution >= 4 is 21.4 Å². The van der Waals surface area contributed by atoms with Crippen molar-refractivity contribution < 1.29 is 8.42 Å². The summed E-state index contributed by atoms with van der Waals surface area (Å²) in [6, 6.07) is 0. The Labute approximate surface area is 99.0 Å². The van der Waals surface area contributed by atoms with E-state index < -0.39 is 20.4 Å². The molecule has 0 spiro atoms. The van der Waals surface area contributed by atoms with Crippen LogP contribution in [0, 0.1) is 5.92 Å². The quantitative estimate of drug-likeness (QED) is 0.740. The topological polar surface area (TPSA) is 69.0 Å². The van der Waals surface area contributed by atoms with Gasteiger partial charge in [-0.05, 0) is 5.92 Å². The van der Waals surface area contributed by atoms with Gasteiger partial charge >= 0.3 is 0 Å². The number of aromatic nitrogens is 2. The van der Waals surface area contributed by atoms with Gasteiger partial charge in [-0.15, -0.1) is 11.6 Å². The van der Waals surface area contributed by atoms with Crippen LogP contribution in [0.5, 0.6) is 0 Å². The maximum atomic E-state index is 11.8. The minimum Gasteiger partial charge on any atom is -0.315 e. The first-order valence-corrected chi connectivity index (χ1v) is 6.87. The Kier molecular flexibility index (Phi) is 4.09. The lowest BCUT2D eigenvalue weighted by Crippen LogP contribution is -2.28. The second kappa shape index (κ2) is 4.97. The van der Waals surface area contributed by atoms with E-state index in [4.69, 9.17) is 11.6 Å². The van der Waals surface area contributed by atoms with Crippen LogP contribution in [0.1, 0.15) is 6.92 Å². The molecule has 1 heterocycles. The molecule has 0 saturated heterocycles. The van der Waals surface area contributed by atoms with Crippen LogP contribution >= 0.6 is 11.6 Å². The van der Waals surface area contributed by atoms with Crippen molar-refractivity contribution in [3.63, 3.8) is 0 Å². The molecular weight excluding hydrogens is 252 g/mol. The van der Waals surface area contributed by atoms with E-state index in [1.165, 1.54) is 24.0 Å². The maximum Gasteiger partial charge on any atom is 0.288 e. The summed E-state index contributed by atoms with van der Waals surface area (Å²) in [5.41, 5.74) is -0.607. The monoisotopic (exact) mass is 264 g/mol. The molecule has 0 fully saturated rings. The van der Waals surface area contributed by atoms with Gasteiger partial charge in [0.2, 0.25) is 14.9 Å². The SMILES string of the molecule is CC(CCl)CS(=O)(=O)c1nccn(C)c1=O. The van der Waals surface area contributed by atoms with Gasteiger partial charge in [0.25, 0.3) is 5.56 Å². The maximum absolute atomic E-state index is 11.8. The Morgan fingerprint density at radius 1 is 1.56 bits per heavy atom. The van der Waals surface area contributed by atoms with Gasteiger partial charge in [0, 0.05) is 25.3 Å². The number of hydrogen-bond acceptors (Lipinski definition) is 4. The molecule has 0 aliphatic heterocycles. The van der Waals surface area contributed by atoms with E-state index in [0.29, 0.717) is 0 Å². The van der Waals surface area contributed by atoms with Crippen LogP contribution in [0.2, 0.25) is 0 Å². The van der Waals surface area contributed by atoms with Crippen molar-refractivity contribution in [3.8, 4) is 0 Å². The molecule has 7 heteroatoms. The number of nitrogens with zero attached hydrogens (tertiary/aromatic N) is 2. The van der Waals surface area contributed by atoms with Crippen molar-refractivity contribution in [1.29, 1.82) is 0 Å². The zero-order chi connectivity index (χ0) is 12.3. The van der Waals surface area contributed by atoms with E-state index in [1.54, 1.807) is 6.92 Å². The van der Waals surface area contributed by atoms with Crippen molar-refractivity contribution in [2.45, 2.75) is 11.9 Å². The number of halogens is 1. The van der Waals surface area contributed by atoms with Gasteiger partial charge in [0.15, 0.2) is 0 Å². The first-order valence-electron chi connectivity index (χ1n) is 4.69. The first kappa shape index (κ1) is 13.2. The van der Waals surface area contributed by atoms with Gasteiger partial charge in [-0.1, -0.05) is 6.92 Å². The fourth-order valence-electron chi connectivity index (χ4n) is 1.19. The van der Waals surface area contributed by atoms with Crippen molar-refractivity contribution in [2.24, 2.45) is 13.0 Å². The molecule has 0 radical (unpaired) electrons. The fourth-order valence-corrected chi connectivity index (χ4v) is 3.08. The summed E-state index contributed by atoms with van der Waals surface area (Å²) in [7, 11) is -2.17. The Morgan fingerprint density at radius 3 is 2.75 bits per heavy atom. The average molecular weight is 265 g/mol. The summed E-state index contributed by atoms with van der Waals surface area (Å²) in [6.45, 7) is 1.71. The third kappa shape index (κ3) is 2.82. The molecular formula is C9H13ClN2O3S. The van der Waals surface area contributed by atoms with Gasteiger partial charge in [-0.25, -0.2) is 13.4 Å². The molecule has 1 atom stereocenters. The largest absolute Gasteiger partial charge is 0.315 e. The minimum absolute atomic E-state index is 0.164. The van der Waals surface area contributed by atoms with Crippen LogP contribution in [0.4, 0.5) is 0 Å². The molecule has 1 rings (SSSR count). The molecule has 1 aromatic heterocycles. The van der Waals surface area contributed by atoms with Crippen molar-refractivity contribution in [2.75, 3.05) is 11.6 Å². The number of alkyl halides is 1. The lowest BCUT2D eigenvalue weighted by molar-refractivity contribution is 0.575. The smallest absolute Gasteiger partial charge is 0.288 e. The molecule has 16 heavy (non-hydrogen) atoms. The van der Waals surface area contributed by atoms with Gasteiger partial charge in [-0.2, -0.15) is 0 Å². The van der Waals surface area contributed by atoms with Crippen LogP contribution in [-0.2, 0) is 16.9 Å². The Bertz CT molecular complexity index is 524. The molecule has 0 aliphatic carbocycles. The molecule has 1 aromatic rings. The molecule has 0 N–H and O–H groups in total. The molecule has 1 unspecified atom stereocenters.